The molecule has 6 heteroatoms. The van der Waals surface area contributed by atoms with Crippen molar-refractivity contribution < 1.29 is 9.18 Å². The van der Waals surface area contributed by atoms with Crippen LogP contribution in [0.15, 0.2) is 18.2 Å². The maximum atomic E-state index is 13.5. The quantitative estimate of drug-likeness (QED) is 0.913. The number of amides is 1. The number of nitrogens with zero attached hydrogens (tertiary/aromatic N) is 1. The molecule has 2 rings (SSSR count). The minimum absolute atomic E-state index is 0. The third-order valence-corrected chi connectivity index (χ3v) is 3.55. The summed E-state index contributed by atoms with van der Waals surface area (Å²) in [7, 11) is 0. The lowest BCUT2D eigenvalue weighted by atomic mass is 10.00. The number of hydrogen-bond acceptors (Lipinski definition) is 2. The van der Waals surface area contributed by atoms with Crippen molar-refractivity contribution in [3.8, 4) is 0 Å². The normalized spacial score (nSPS) is 22.8. The summed E-state index contributed by atoms with van der Waals surface area (Å²) in [5.41, 5.74) is 6.70. The summed E-state index contributed by atoms with van der Waals surface area (Å²) in [6.07, 6.45) is 0.299. The molecule has 1 aliphatic heterocycles. The Morgan fingerprint density at radius 2 is 2.11 bits per heavy atom. The lowest BCUT2D eigenvalue weighted by Gasteiger charge is -2.30. The molecule has 1 amide bonds. The molecule has 2 N–H and O–H groups in total. The predicted octanol–water partition coefficient (Wildman–Crippen LogP) is 2.91. The van der Waals surface area contributed by atoms with Crippen LogP contribution in [0.3, 0.4) is 0 Å². The van der Waals surface area contributed by atoms with E-state index in [1.807, 2.05) is 13.8 Å². The zero-order valence-corrected chi connectivity index (χ0v) is 12.3. The molecule has 1 aromatic carbocycles. The second kappa shape index (κ2) is 6.07. The molecule has 0 spiro atoms. The molecule has 0 aromatic heterocycles. The topological polar surface area (TPSA) is 46.3 Å². The lowest BCUT2D eigenvalue weighted by molar-refractivity contribution is -0.130. The van der Waals surface area contributed by atoms with E-state index in [0.29, 0.717) is 12.0 Å². The number of benzene rings is 1. The first-order valence-electron chi connectivity index (χ1n) is 5.93. The van der Waals surface area contributed by atoms with Crippen LogP contribution in [0.4, 0.5) is 4.39 Å². The van der Waals surface area contributed by atoms with Gasteiger partial charge in [0.05, 0.1) is 11.1 Å². The number of likely N-dealkylation sites (tertiary alicyclic amines) is 1. The Balaban J connectivity index is 0.00000180. The number of rotatable bonds is 2. The van der Waals surface area contributed by atoms with E-state index in [-0.39, 0.29) is 41.5 Å². The number of carbonyl (C=O) groups excluding carboxylic acids is 1. The van der Waals surface area contributed by atoms with Crippen molar-refractivity contribution >= 4 is 29.9 Å². The van der Waals surface area contributed by atoms with E-state index in [9.17, 15) is 9.18 Å². The van der Waals surface area contributed by atoms with Crippen LogP contribution in [-0.4, -0.2) is 22.9 Å². The molecule has 1 heterocycles. The highest BCUT2D eigenvalue weighted by Gasteiger charge is 2.40. The summed E-state index contributed by atoms with van der Waals surface area (Å²) in [6, 6.07) is 4.05. The van der Waals surface area contributed by atoms with Crippen molar-refractivity contribution in [1.82, 2.24) is 4.90 Å². The van der Waals surface area contributed by atoms with Crippen LogP contribution in [0.5, 0.6) is 0 Å². The molecule has 1 aromatic rings. The number of nitrogens with two attached hydrogens (primary N) is 1. The van der Waals surface area contributed by atoms with Gasteiger partial charge in [-0.3, -0.25) is 4.79 Å². The van der Waals surface area contributed by atoms with Crippen LogP contribution in [-0.2, 0) is 4.79 Å². The average molecular weight is 307 g/mol. The van der Waals surface area contributed by atoms with E-state index < -0.39 is 5.82 Å². The Bertz CT molecular complexity index is 482. The van der Waals surface area contributed by atoms with Gasteiger partial charge < -0.3 is 10.6 Å². The van der Waals surface area contributed by atoms with Crippen LogP contribution >= 0.6 is 24.0 Å². The highest BCUT2D eigenvalue weighted by molar-refractivity contribution is 6.30. The van der Waals surface area contributed by atoms with Gasteiger partial charge in [-0.2, -0.15) is 0 Å². The van der Waals surface area contributed by atoms with E-state index in [2.05, 4.69) is 0 Å². The maximum absolute atomic E-state index is 13.5. The summed E-state index contributed by atoms with van der Waals surface area (Å²) < 4.78 is 13.5. The third-order valence-electron chi connectivity index (χ3n) is 3.25. The molecule has 0 saturated carbocycles. The second-order valence-corrected chi connectivity index (χ2v) is 5.29. The smallest absolute Gasteiger partial charge is 0.225 e. The van der Waals surface area contributed by atoms with E-state index in [4.69, 9.17) is 17.3 Å². The fourth-order valence-corrected chi connectivity index (χ4v) is 2.61. The summed E-state index contributed by atoms with van der Waals surface area (Å²) >= 11 is 5.66. The van der Waals surface area contributed by atoms with Gasteiger partial charge in [-0.25, -0.2) is 4.39 Å². The van der Waals surface area contributed by atoms with Crippen LogP contribution < -0.4 is 5.73 Å². The summed E-state index contributed by atoms with van der Waals surface area (Å²) in [4.78, 5) is 13.6. The number of halogens is 3. The summed E-state index contributed by atoms with van der Waals surface area (Å²) in [6.45, 7) is 3.85. The van der Waals surface area contributed by atoms with Gasteiger partial charge >= 0.3 is 0 Å². The van der Waals surface area contributed by atoms with Gasteiger partial charge in [-0.05, 0) is 31.5 Å². The first-order valence-corrected chi connectivity index (χ1v) is 6.31. The average Bonchev–Trinajstić information content (AvgIpc) is 2.57. The minimum atomic E-state index is -0.482. The molecule has 19 heavy (non-hydrogen) atoms. The van der Waals surface area contributed by atoms with E-state index in [1.54, 1.807) is 11.0 Å². The van der Waals surface area contributed by atoms with Gasteiger partial charge in [-0.15, -0.1) is 12.4 Å². The molecular weight excluding hydrogens is 290 g/mol. The molecule has 3 nitrogen and oxygen atoms in total. The zero-order valence-electron chi connectivity index (χ0n) is 10.8. The Hall–Kier alpha value is -0.840. The molecule has 2 unspecified atom stereocenters. The SMILES string of the molecule is CC(C)N1C(=O)CC(N)C1c1ccc(Cl)c(F)c1.Cl. The van der Waals surface area contributed by atoms with Gasteiger partial charge in [0.25, 0.3) is 0 Å². The van der Waals surface area contributed by atoms with Crippen molar-refractivity contribution in [2.24, 2.45) is 5.73 Å². The van der Waals surface area contributed by atoms with Gasteiger partial charge in [0.2, 0.25) is 5.91 Å². The van der Waals surface area contributed by atoms with Crippen molar-refractivity contribution in [3.63, 3.8) is 0 Å². The standard InChI is InChI=1S/C13H16ClFN2O.ClH/c1-7(2)17-12(18)6-11(16)13(17)8-3-4-9(14)10(15)5-8;/h3-5,7,11,13H,6,16H2,1-2H3;1H. The Morgan fingerprint density at radius 1 is 1.47 bits per heavy atom. The fourth-order valence-electron chi connectivity index (χ4n) is 2.49. The molecule has 1 fully saturated rings. The Kier molecular flexibility index (Phi) is 5.18. The van der Waals surface area contributed by atoms with E-state index in [0.717, 1.165) is 0 Å². The van der Waals surface area contributed by atoms with Gasteiger partial charge in [0.15, 0.2) is 0 Å². The fraction of sp³-hybridized carbons (Fsp3) is 0.462. The molecule has 1 aliphatic rings. The third kappa shape index (κ3) is 3.02. The molecule has 0 radical (unpaired) electrons. The van der Waals surface area contributed by atoms with E-state index >= 15 is 0 Å². The highest BCUT2D eigenvalue weighted by Crippen LogP contribution is 2.34. The number of carbonyl (C=O) groups is 1. The lowest BCUT2D eigenvalue weighted by Crippen LogP contribution is -2.37. The first-order chi connectivity index (χ1) is 8.41. The van der Waals surface area contributed by atoms with Crippen LogP contribution in [0.2, 0.25) is 5.02 Å². The molecule has 106 valence electrons. The van der Waals surface area contributed by atoms with Gasteiger partial charge in [-0.1, -0.05) is 17.7 Å². The molecule has 0 aliphatic carbocycles. The molecule has 1 saturated heterocycles. The largest absolute Gasteiger partial charge is 0.332 e. The molecule has 2 atom stereocenters. The molecular formula is C13H17Cl2FN2O. The van der Waals surface area contributed by atoms with Gasteiger partial charge in [0.1, 0.15) is 5.82 Å². The first kappa shape index (κ1) is 16.2. The Labute approximate surface area is 123 Å². The van der Waals surface area contributed by atoms with Crippen molar-refractivity contribution in [1.29, 1.82) is 0 Å². The van der Waals surface area contributed by atoms with Crippen molar-refractivity contribution in [2.45, 2.75) is 38.4 Å². The monoisotopic (exact) mass is 306 g/mol. The predicted molar refractivity (Wildman–Crippen MR) is 76.0 cm³/mol. The van der Waals surface area contributed by atoms with Gasteiger partial charge in [0, 0.05) is 18.5 Å². The zero-order chi connectivity index (χ0) is 13.4. The second-order valence-electron chi connectivity index (χ2n) is 4.88. The summed E-state index contributed by atoms with van der Waals surface area (Å²) in [5, 5.41) is 0.0766. The van der Waals surface area contributed by atoms with Crippen LogP contribution in [0.25, 0.3) is 0 Å². The van der Waals surface area contributed by atoms with Crippen LogP contribution in [0.1, 0.15) is 31.9 Å². The number of hydrogen-bond donors (Lipinski definition) is 1. The molecule has 0 bridgehead atoms. The van der Waals surface area contributed by atoms with Crippen LogP contribution in [0, 0.1) is 5.82 Å². The highest BCUT2D eigenvalue weighted by atomic mass is 35.5. The summed E-state index contributed by atoms with van der Waals surface area (Å²) in [5.74, 6) is -0.470. The maximum Gasteiger partial charge on any atom is 0.225 e. The van der Waals surface area contributed by atoms with Crippen molar-refractivity contribution in [2.75, 3.05) is 0 Å². The van der Waals surface area contributed by atoms with Crippen molar-refractivity contribution in [3.05, 3.63) is 34.6 Å². The minimum Gasteiger partial charge on any atom is -0.332 e. The van der Waals surface area contributed by atoms with E-state index in [1.165, 1.54) is 12.1 Å². The Morgan fingerprint density at radius 3 is 2.63 bits per heavy atom.